The molecule has 1 aliphatic rings. The van der Waals surface area contributed by atoms with Crippen LogP contribution in [0.15, 0.2) is 24.3 Å². The molecule has 2 heterocycles. The highest BCUT2D eigenvalue weighted by molar-refractivity contribution is 6.31. The Morgan fingerprint density at radius 1 is 1.29 bits per heavy atom. The summed E-state index contributed by atoms with van der Waals surface area (Å²) < 4.78 is 69.8. The van der Waals surface area contributed by atoms with Gasteiger partial charge in [-0.25, -0.2) is 18.6 Å². The first-order chi connectivity index (χ1) is 14.4. The first-order valence-corrected chi connectivity index (χ1v) is 9.01. The average Bonchev–Trinajstić information content (AvgIpc) is 3.04. The number of alkyl halides is 3. The molecule has 3 amide bonds. The number of rotatable bonds is 6. The number of nitrogens with two attached hydrogens (primary N) is 1. The normalized spacial score (nSPS) is 16.4. The molecule has 0 aliphatic carbocycles. The molecule has 1 atom stereocenters. The number of amides is 3. The van der Waals surface area contributed by atoms with Gasteiger partial charge in [-0.05, 0) is 23.8 Å². The van der Waals surface area contributed by atoms with Crippen molar-refractivity contribution in [2.75, 3.05) is 13.2 Å². The zero-order chi connectivity index (χ0) is 22.9. The van der Waals surface area contributed by atoms with Crippen LogP contribution in [0.2, 0.25) is 5.02 Å². The monoisotopic (exact) mass is 464 g/mol. The van der Waals surface area contributed by atoms with Gasteiger partial charge in [-0.2, -0.15) is 13.2 Å². The summed E-state index contributed by atoms with van der Waals surface area (Å²) in [6.45, 7) is -2.26. The van der Waals surface area contributed by atoms with Crippen molar-refractivity contribution in [1.82, 2.24) is 15.2 Å². The molecule has 13 heteroatoms. The minimum atomic E-state index is -4.74. The second-order valence-electron chi connectivity index (χ2n) is 6.59. The third kappa shape index (κ3) is 5.32. The van der Waals surface area contributed by atoms with Crippen molar-refractivity contribution in [3.63, 3.8) is 0 Å². The SMILES string of the molecule is NC(=O)[C@H]1CN(Cc2nc(OCC(F)(F)F)c(F)cc2-c2ccc(F)c(Cl)c2)C(=O)N1. The van der Waals surface area contributed by atoms with Crippen LogP contribution < -0.4 is 15.8 Å². The summed E-state index contributed by atoms with van der Waals surface area (Å²) in [5.74, 6) is -3.67. The van der Waals surface area contributed by atoms with Gasteiger partial charge in [0.2, 0.25) is 5.91 Å². The number of carbonyl (C=O) groups excluding carboxylic acids is 2. The summed E-state index contributed by atoms with van der Waals surface area (Å²) in [5, 5.41) is 2.05. The van der Waals surface area contributed by atoms with Gasteiger partial charge in [-0.15, -0.1) is 0 Å². The molecule has 3 N–H and O–H groups in total. The van der Waals surface area contributed by atoms with Gasteiger partial charge < -0.3 is 20.7 Å². The van der Waals surface area contributed by atoms with E-state index >= 15 is 0 Å². The van der Waals surface area contributed by atoms with E-state index in [9.17, 15) is 31.5 Å². The number of pyridine rings is 1. The van der Waals surface area contributed by atoms with E-state index in [-0.39, 0.29) is 34.9 Å². The zero-order valence-corrected chi connectivity index (χ0v) is 16.2. The molecular weight excluding hydrogens is 451 g/mol. The van der Waals surface area contributed by atoms with Crippen LogP contribution in [0.25, 0.3) is 11.1 Å². The van der Waals surface area contributed by atoms with Crippen molar-refractivity contribution in [3.05, 3.63) is 46.6 Å². The molecule has 0 bridgehead atoms. The Kier molecular flexibility index (Phi) is 6.20. The van der Waals surface area contributed by atoms with Crippen LogP contribution in [0.5, 0.6) is 5.88 Å². The van der Waals surface area contributed by atoms with E-state index < -0.39 is 48.3 Å². The molecule has 0 unspecified atom stereocenters. The van der Waals surface area contributed by atoms with Crippen LogP contribution in [0.4, 0.5) is 26.7 Å². The molecular formula is C18H14ClF5N4O3. The van der Waals surface area contributed by atoms with Crippen LogP contribution in [0.1, 0.15) is 5.69 Å². The predicted octanol–water partition coefficient (Wildman–Crippen LogP) is 3.00. The number of ether oxygens (including phenoxy) is 1. The smallest absolute Gasteiger partial charge is 0.422 e. The van der Waals surface area contributed by atoms with Gasteiger partial charge in [0.25, 0.3) is 5.88 Å². The topological polar surface area (TPSA) is 97.6 Å². The fourth-order valence-electron chi connectivity index (χ4n) is 2.86. The Bertz CT molecular complexity index is 1030. The highest BCUT2D eigenvalue weighted by Crippen LogP contribution is 2.32. The van der Waals surface area contributed by atoms with Crippen LogP contribution in [0, 0.1) is 11.6 Å². The van der Waals surface area contributed by atoms with E-state index in [1.807, 2.05) is 0 Å². The van der Waals surface area contributed by atoms with E-state index in [1.54, 1.807) is 0 Å². The summed E-state index contributed by atoms with van der Waals surface area (Å²) in [6, 6.07) is 2.61. The summed E-state index contributed by atoms with van der Waals surface area (Å²) in [7, 11) is 0. The molecule has 1 aromatic heterocycles. The van der Waals surface area contributed by atoms with Crippen molar-refractivity contribution in [2.24, 2.45) is 5.73 Å². The third-order valence-electron chi connectivity index (χ3n) is 4.30. The molecule has 0 radical (unpaired) electrons. The standard InChI is InChI=1S/C18H14ClF5N4O3/c19-10-3-8(1-2-11(10)20)9-4-12(21)16(31-7-18(22,23)24)26-13(9)5-28-6-14(15(25)29)27-17(28)30/h1-4,14H,5-7H2,(H2,25,29)(H,27,30)/t14-/m1/s1. The number of halogens is 6. The van der Waals surface area contributed by atoms with E-state index in [4.69, 9.17) is 17.3 Å². The molecule has 31 heavy (non-hydrogen) atoms. The van der Waals surface area contributed by atoms with E-state index in [0.29, 0.717) is 0 Å². The number of urea groups is 1. The highest BCUT2D eigenvalue weighted by Gasteiger charge is 2.34. The number of nitrogens with one attached hydrogen (secondary N) is 1. The highest BCUT2D eigenvalue weighted by atomic mass is 35.5. The Labute approximate surface area is 176 Å². The minimum absolute atomic E-state index is 0.0362. The van der Waals surface area contributed by atoms with Gasteiger partial charge >= 0.3 is 12.2 Å². The van der Waals surface area contributed by atoms with Crippen molar-refractivity contribution < 1.29 is 36.3 Å². The molecule has 1 aromatic carbocycles. The summed E-state index contributed by atoms with van der Waals surface area (Å²) >= 11 is 5.77. The molecule has 2 aromatic rings. The van der Waals surface area contributed by atoms with Gasteiger partial charge in [0, 0.05) is 5.56 Å². The second-order valence-corrected chi connectivity index (χ2v) is 6.99. The van der Waals surface area contributed by atoms with Crippen LogP contribution in [-0.4, -0.2) is 47.2 Å². The Hall–Kier alpha value is -3.15. The lowest BCUT2D eigenvalue weighted by Crippen LogP contribution is -2.39. The van der Waals surface area contributed by atoms with Gasteiger partial charge in [-0.3, -0.25) is 4.79 Å². The number of hydrogen-bond acceptors (Lipinski definition) is 4. The fourth-order valence-corrected chi connectivity index (χ4v) is 3.04. The molecule has 7 nitrogen and oxygen atoms in total. The van der Waals surface area contributed by atoms with E-state index in [2.05, 4.69) is 15.0 Å². The van der Waals surface area contributed by atoms with Crippen LogP contribution >= 0.6 is 11.6 Å². The summed E-state index contributed by atoms with van der Waals surface area (Å²) in [4.78, 5) is 28.3. The molecule has 1 saturated heterocycles. The molecule has 0 spiro atoms. The Morgan fingerprint density at radius 3 is 2.58 bits per heavy atom. The number of benzene rings is 1. The van der Waals surface area contributed by atoms with Crippen LogP contribution in [-0.2, 0) is 11.3 Å². The maximum atomic E-state index is 14.4. The summed E-state index contributed by atoms with van der Waals surface area (Å²) in [5.41, 5.74) is 5.33. The fraction of sp³-hybridized carbons (Fsp3) is 0.278. The maximum absolute atomic E-state index is 14.4. The number of carbonyl (C=O) groups is 2. The first-order valence-electron chi connectivity index (χ1n) is 8.63. The van der Waals surface area contributed by atoms with E-state index in [1.165, 1.54) is 12.1 Å². The largest absolute Gasteiger partial charge is 0.466 e. The lowest BCUT2D eigenvalue weighted by molar-refractivity contribution is -0.154. The predicted molar refractivity (Wildman–Crippen MR) is 98.1 cm³/mol. The average molecular weight is 465 g/mol. The molecule has 166 valence electrons. The molecule has 3 rings (SSSR count). The first kappa shape index (κ1) is 22.5. The lowest BCUT2D eigenvalue weighted by Gasteiger charge is -2.18. The third-order valence-corrected chi connectivity index (χ3v) is 4.59. The van der Waals surface area contributed by atoms with Gasteiger partial charge in [0.1, 0.15) is 11.9 Å². The van der Waals surface area contributed by atoms with Gasteiger partial charge in [-0.1, -0.05) is 17.7 Å². The quantitative estimate of drug-likeness (QED) is 0.642. The van der Waals surface area contributed by atoms with Gasteiger partial charge in [0.05, 0.1) is 23.8 Å². The van der Waals surface area contributed by atoms with Gasteiger partial charge in [0.15, 0.2) is 12.4 Å². The molecule has 0 saturated carbocycles. The molecule has 1 fully saturated rings. The van der Waals surface area contributed by atoms with Crippen molar-refractivity contribution >= 4 is 23.5 Å². The second kappa shape index (κ2) is 8.53. The van der Waals surface area contributed by atoms with E-state index in [0.717, 1.165) is 17.0 Å². The molecule has 1 aliphatic heterocycles. The van der Waals surface area contributed by atoms with Crippen molar-refractivity contribution in [1.29, 1.82) is 0 Å². The lowest BCUT2D eigenvalue weighted by atomic mass is 10.0. The van der Waals surface area contributed by atoms with Crippen LogP contribution in [0.3, 0.4) is 0 Å². The number of aromatic nitrogens is 1. The maximum Gasteiger partial charge on any atom is 0.422 e. The number of primary amides is 1. The zero-order valence-electron chi connectivity index (χ0n) is 15.5. The Morgan fingerprint density at radius 2 is 2.00 bits per heavy atom. The van der Waals surface area contributed by atoms with Crippen molar-refractivity contribution in [3.8, 4) is 17.0 Å². The van der Waals surface area contributed by atoms with Crippen molar-refractivity contribution in [2.45, 2.75) is 18.8 Å². The Balaban J connectivity index is 2.01. The minimum Gasteiger partial charge on any atom is -0.466 e. The number of nitrogens with zero attached hydrogens (tertiary/aromatic N) is 2. The summed E-state index contributed by atoms with van der Waals surface area (Å²) in [6.07, 6.45) is -4.74. The number of hydrogen-bond donors (Lipinski definition) is 2.